The Morgan fingerprint density at radius 1 is 1.04 bits per heavy atom. The maximum Gasteiger partial charge on any atom is 0.340 e. The van der Waals surface area contributed by atoms with Crippen LogP contribution < -0.4 is 5.32 Å². The van der Waals surface area contributed by atoms with Crippen LogP contribution in [-0.2, 0) is 4.74 Å². The monoisotopic (exact) mass is 323 g/mol. The number of hydrogen-bond donors (Lipinski definition) is 1. The summed E-state index contributed by atoms with van der Waals surface area (Å²) < 4.78 is 44.9. The van der Waals surface area contributed by atoms with E-state index in [1.54, 1.807) is 0 Å². The molecule has 0 bridgehead atoms. The van der Waals surface area contributed by atoms with Crippen LogP contribution in [0.15, 0.2) is 30.3 Å². The summed E-state index contributed by atoms with van der Waals surface area (Å²) in [6.45, 7) is 3.73. The van der Waals surface area contributed by atoms with E-state index >= 15 is 0 Å². The zero-order chi connectivity index (χ0) is 17.1. The number of esters is 1. The van der Waals surface area contributed by atoms with Gasteiger partial charge in [0.25, 0.3) is 0 Å². The van der Waals surface area contributed by atoms with Crippen molar-refractivity contribution in [2.45, 2.75) is 19.8 Å². The fraction of sp³-hybridized carbons (Fsp3) is 0.235. The molecule has 0 aliphatic carbocycles. The normalized spacial score (nSPS) is 10.7. The first-order chi connectivity index (χ1) is 10.8. The highest BCUT2D eigenvalue weighted by atomic mass is 19.2. The van der Waals surface area contributed by atoms with Crippen molar-refractivity contribution in [3.05, 3.63) is 58.9 Å². The first-order valence-electron chi connectivity index (χ1n) is 6.97. The first-order valence-corrected chi connectivity index (χ1v) is 6.97. The Kier molecular flexibility index (Phi) is 4.93. The number of ether oxygens (including phenoxy) is 1. The van der Waals surface area contributed by atoms with Gasteiger partial charge in [0, 0.05) is 11.8 Å². The third kappa shape index (κ3) is 3.64. The Morgan fingerprint density at radius 3 is 2.30 bits per heavy atom. The van der Waals surface area contributed by atoms with Gasteiger partial charge >= 0.3 is 5.97 Å². The largest absolute Gasteiger partial charge is 0.465 e. The summed E-state index contributed by atoms with van der Waals surface area (Å²) in [6, 6.07) is 5.71. The van der Waals surface area contributed by atoms with Crippen molar-refractivity contribution >= 4 is 17.3 Å². The SMILES string of the molecule is COC(=O)c1cc(F)c(F)cc1Nc1ccc(F)cc1C(C)C. The van der Waals surface area contributed by atoms with Crippen molar-refractivity contribution in [2.24, 2.45) is 0 Å². The minimum absolute atomic E-state index is 0.0138. The first kappa shape index (κ1) is 16.9. The summed E-state index contributed by atoms with van der Waals surface area (Å²) in [4.78, 5) is 11.7. The van der Waals surface area contributed by atoms with Crippen molar-refractivity contribution in [3.8, 4) is 0 Å². The standard InChI is InChI=1S/C17H16F3NO2/c1-9(2)11-6-10(18)4-5-15(11)21-16-8-14(20)13(19)7-12(16)17(22)23-3/h4-9,21H,1-3H3. The van der Waals surface area contributed by atoms with Crippen LogP contribution in [-0.4, -0.2) is 13.1 Å². The molecule has 0 saturated carbocycles. The Balaban J connectivity index is 2.52. The Hall–Kier alpha value is -2.50. The summed E-state index contributed by atoms with van der Waals surface area (Å²) in [5.41, 5.74) is 1.04. The molecule has 2 aromatic carbocycles. The van der Waals surface area contributed by atoms with Gasteiger partial charge in [0.2, 0.25) is 0 Å². The molecule has 1 N–H and O–H groups in total. The quantitative estimate of drug-likeness (QED) is 0.825. The van der Waals surface area contributed by atoms with Crippen LogP contribution in [0.25, 0.3) is 0 Å². The lowest BCUT2D eigenvalue weighted by Gasteiger charge is -2.17. The highest BCUT2D eigenvalue weighted by Gasteiger charge is 2.18. The number of halogens is 3. The van der Waals surface area contributed by atoms with Gasteiger partial charge in [-0.1, -0.05) is 13.8 Å². The molecule has 6 heteroatoms. The van der Waals surface area contributed by atoms with Gasteiger partial charge in [0.15, 0.2) is 11.6 Å². The molecule has 0 heterocycles. The number of rotatable bonds is 4. The lowest BCUT2D eigenvalue weighted by atomic mass is 10.0. The van der Waals surface area contributed by atoms with E-state index in [4.69, 9.17) is 0 Å². The molecule has 0 saturated heterocycles. The predicted octanol–water partition coefficient (Wildman–Crippen LogP) is 4.76. The molecule has 0 radical (unpaired) electrons. The number of benzene rings is 2. The molecule has 0 amide bonds. The number of methoxy groups -OCH3 is 1. The molecular weight excluding hydrogens is 307 g/mol. The van der Waals surface area contributed by atoms with Crippen LogP contribution in [0.3, 0.4) is 0 Å². The van der Waals surface area contributed by atoms with E-state index in [2.05, 4.69) is 10.1 Å². The highest BCUT2D eigenvalue weighted by Crippen LogP contribution is 2.30. The van der Waals surface area contributed by atoms with E-state index in [9.17, 15) is 18.0 Å². The van der Waals surface area contributed by atoms with Crippen molar-refractivity contribution in [3.63, 3.8) is 0 Å². The summed E-state index contributed by atoms with van der Waals surface area (Å²) >= 11 is 0. The van der Waals surface area contributed by atoms with Crippen LogP contribution in [0.2, 0.25) is 0 Å². The van der Waals surface area contributed by atoms with Crippen LogP contribution >= 0.6 is 0 Å². The van der Waals surface area contributed by atoms with Crippen molar-refractivity contribution in [1.82, 2.24) is 0 Å². The van der Waals surface area contributed by atoms with Gasteiger partial charge in [-0.3, -0.25) is 0 Å². The lowest BCUT2D eigenvalue weighted by Crippen LogP contribution is -2.08. The molecule has 0 atom stereocenters. The van der Waals surface area contributed by atoms with Crippen molar-refractivity contribution in [2.75, 3.05) is 12.4 Å². The Bertz CT molecular complexity index is 745. The number of anilines is 2. The maximum absolute atomic E-state index is 13.5. The molecule has 0 fully saturated rings. The number of hydrogen-bond acceptors (Lipinski definition) is 3. The molecule has 0 aromatic heterocycles. The van der Waals surface area contributed by atoms with E-state index in [-0.39, 0.29) is 17.2 Å². The maximum atomic E-state index is 13.5. The summed E-state index contributed by atoms with van der Waals surface area (Å²) in [5.74, 6) is -3.48. The van der Waals surface area contributed by atoms with Crippen LogP contribution in [0.1, 0.15) is 35.7 Å². The van der Waals surface area contributed by atoms with Gasteiger partial charge in [-0.15, -0.1) is 0 Å². The minimum atomic E-state index is -1.15. The minimum Gasteiger partial charge on any atom is -0.465 e. The van der Waals surface area contributed by atoms with Gasteiger partial charge in [0.05, 0.1) is 18.4 Å². The lowest BCUT2D eigenvalue weighted by molar-refractivity contribution is 0.0601. The molecule has 2 rings (SSSR count). The second-order valence-corrected chi connectivity index (χ2v) is 5.31. The summed E-state index contributed by atoms with van der Waals surface area (Å²) in [5, 5.41) is 2.86. The molecule has 0 spiro atoms. The van der Waals surface area contributed by atoms with Crippen molar-refractivity contribution < 1.29 is 22.7 Å². The van der Waals surface area contributed by atoms with E-state index in [1.165, 1.54) is 18.2 Å². The third-order valence-corrected chi connectivity index (χ3v) is 3.37. The number of nitrogens with one attached hydrogen (secondary N) is 1. The third-order valence-electron chi connectivity index (χ3n) is 3.37. The topological polar surface area (TPSA) is 38.3 Å². The van der Waals surface area contributed by atoms with Crippen molar-refractivity contribution in [1.29, 1.82) is 0 Å². The smallest absolute Gasteiger partial charge is 0.340 e. The molecule has 23 heavy (non-hydrogen) atoms. The summed E-state index contributed by atoms with van der Waals surface area (Å²) in [6.07, 6.45) is 0. The zero-order valence-corrected chi connectivity index (χ0v) is 12.9. The molecule has 0 aliphatic rings. The fourth-order valence-electron chi connectivity index (χ4n) is 2.20. The number of carbonyl (C=O) groups excluding carboxylic acids is 1. The second-order valence-electron chi connectivity index (χ2n) is 5.31. The van der Waals surface area contributed by atoms with Crippen LogP contribution in [0.5, 0.6) is 0 Å². The molecule has 0 unspecified atom stereocenters. The van der Waals surface area contributed by atoms with E-state index in [0.29, 0.717) is 11.3 Å². The average Bonchev–Trinajstić information content (AvgIpc) is 2.51. The van der Waals surface area contributed by atoms with E-state index in [1.807, 2.05) is 13.8 Å². The van der Waals surface area contributed by atoms with E-state index < -0.39 is 23.4 Å². The van der Waals surface area contributed by atoms with Gasteiger partial charge in [-0.05, 0) is 35.7 Å². The van der Waals surface area contributed by atoms with Gasteiger partial charge < -0.3 is 10.1 Å². The Morgan fingerprint density at radius 2 is 1.70 bits per heavy atom. The Labute approximate surface area is 132 Å². The molecular formula is C17H16F3NO2. The molecule has 3 nitrogen and oxygen atoms in total. The predicted molar refractivity (Wildman–Crippen MR) is 81.5 cm³/mol. The molecule has 0 aliphatic heterocycles. The molecule has 2 aromatic rings. The van der Waals surface area contributed by atoms with E-state index in [0.717, 1.165) is 19.2 Å². The van der Waals surface area contributed by atoms with Gasteiger partial charge in [0.1, 0.15) is 5.82 Å². The van der Waals surface area contributed by atoms with Crippen LogP contribution in [0.4, 0.5) is 24.5 Å². The second kappa shape index (κ2) is 6.73. The van der Waals surface area contributed by atoms with Gasteiger partial charge in [-0.25, -0.2) is 18.0 Å². The fourth-order valence-corrected chi connectivity index (χ4v) is 2.20. The van der Waals surface area contributed by atoms with Gasteiger partial charge in [-0.2, -0.15) is 0 Å². The highest BCUT2D eigenvalue weighted by molar-refractivity contribution is 5.96. The average molecular weight is 323 g/mol. The number of carbonyl (C=O) groups is 1. The van der Waals surface area contributed by atoms with Crippen LogP contribution in [0, 0.1) is 17.5 Å². The molecule has 122 valence electrons. The summed E-state index contributed by atoms with van der Waals surface area (Å²) in [7, 11) is 1.14. The zero-order valence-electron chi connectivity index (χ0n) is 12.9.